The van der Waals surface area contributed by atoms with E-state index in [1.54, 1.807) is 59.0 Å². The molecule has 3 N–H and O–H groups in total. The van der Waals surface area contributed by atoms with Crippen molar-refractivity contribution in [2.24, 2.45) is 13.0 Å². The second-order valence-corrected chi connectivity index (χ2v) is 14.9. The van der Waals surface area contributed by atoms with Crippen LogP contribution in [0.4, 0.5) is 5.69 Å². The number of ether oxygens (including phenoxy) is 1. The smallest absolute Gasteiger partial charge is 0.291 e. The number of nitrogens with one attached hydrogen (secondary N) is 3. The highest BCUT2D eigenvalue weighted by Crippen LogP contribution is 2.40. The van der Waals surface area contributed by atoms with Crippen LogP contribution in [0.1, 0.15) is 60.2 Å². The Balaban J connectivity index is 1.05. The van der Waals surface area contributed by atoms with E-state index in [-0.39, 0.29) is 40.5 Å². The first kappa shape index (κ1) is 38.2. The summed E-state index contributed by atoms with van der Waals surface area (Å²) < 4.78 is 7.39. The van der Waals surface area contributed by atoms with Crippen molar-refractivity contribution in [2.75, 3.05) is 38.6 Å². The SMILES string of the molecule is COc1nc(-c2ccnc(-c3cccc(NC(=O)c4nc5c(n4C)CCN(C(=O)[C@@H]4CCCN(C(C)=O)C4)C5)c3Cl)c2Cl)ccc1CNC[C@H]1CCC(=O)N1. The van der Waals surface area contributed by atoms with Gasteiger partial charge >= 0.3 is 0 Å². The van der Waals surface area contributed by atoms with Crippen LogP contribution < -0.4 is 20.7 Å². The van der Waals surface area contributed by atoms with Gasteiger partial charge in [0.25, 0.3) is 5.91 Å². The number of hydrogen-bond donors (Lipinski definition) is 3. The number of piperidine rings is 1. The first-order valence-corrected chi connectivity index (χ1v) is 19.2. The number of carbonyl (C=O) groups is 4. The van der Waals surface area contributed by atoms with Gasteiger partial charge in [0.1, 0.15) is 0 Å². The summed E-state index contributed by atoms with van der Waals surface area (Å²) in [4.78, 5) is 68.1. The van der Waals surface area contributed by atoms with Crippen LogP contribution in [-0.2, 0) is 40.9 Å². The van der Waals surface area contributed by atoms with Crippen LogP contribution >= 0.6 is 23.2 Å². The standard InChI is InChI=1S/C39H43Cl2N9O5/c1-22(51)49-16-5-6-24(20-49)39(54)50-17-14-31-30(21-50)45-36(48(31)2)37(53)46-29-8-4-7-27(33(29)40)35-34(41)26(13-15-43-35)28-11-9-23(38(47-28)55-3)18-42-19-25-10-12-32(52)44-25/h4,7-9,11,13,15,24-25,42H,5-6,10,12,14,16-21H2,1-3H3,(H,44,52)(H,46,53)/t24-,25-/m1/s1. The summed E-state index contributed by atoms with van der Waals surface area (Å²) in [6, 6.07) is 10.9. The molecule has 16 heteroatoms. The zero-order valence-corrected chi connectivity index (χ0v) is 32.5. The zero-order valence-electron chi connectivity index (χ0n) is 31.0. The van der Waals surface area contributed by atoms with Crippen molar-refractivity contribution in [1.82, 2.24) is 40.0 Å². The number of rotatable bonds is 10. The van der Waals surface area contributed by atoms with E-state index in [9.17, 15) is 19.2 Å². The van der Waals surface area contributed by atoms with E-state index in [1.165, 1.54) is 6.92 Å². The third-order valence-electron chi connectivity index (χ3n) is 10.6. The molecule has 3 aromatic heterocycles. The van der Waals surface area contributed by atoms with E-state index in [4.69, 9.17) is 32.9 Å². The van der Waals surface area contributed by atoms with E-state index in [0.29, 0.717) is 96.9 Å². The maximum absolute atomic E-state index is 13.7. The van der Waals surface area contributed by atoms with Gasteiger partial charge in [0.05, 0.1) is 52.4 Å². The van der Waals surface area contributed by atoms with Gasteiger partial charge in [0.15, 0.2) is 5.82 Å². The molecular weight excluding hydrogens is 745 g/mol. The first-order valence-electron chi connectivity index (χ1n) is 18.4. The van der Waals surface area contributed by atoms with Crippen LogP contribution in [0.15, 0.2) is 42.6 Å². The predicted molar refractivity (Wildman–Crippen MR) is 208 cm³/mol. The number of aromatic nitrogens is 4. The minimum absolute atomic E-state index is 0.0145. The van der Waals surface area contributed by atoms with Gasteiger partial charge in [-0.25, -0.2) is 9.97 Å². The number of benzene rings is 1. The van der Waals surface area contributed by atoms with Crippen molar-refractivity contribution in [3.8, 4) is 28.4 Å². The molecule has 7 rings (SSSR count). The average molecular weight is 789 g/mol. The molecule has 2 saturated heterocycles. The molecule has 3 aliphatic heterocycles. The van der Waals surface area contributed by atoms with Gasteiger partial charge in [-0.2, -0.15) is 0 Å². The number of amides is 4. The Morgan fingerprint density at radius 1 is 1.00 bits per heavy atom. The summed E-state index contributed by atoms with van der Waals surface area (Å²) >= 11 is 13.9. The molecule has 14 nitrogen and oxygen atoms in total. The molecule has 0 radical (unpaired) electrons. The summed E-state index contributed by atoms with van der Waals surface area (Å²) in [6.07, 6.45) is 5.08. The molecule has 4 aromatic rings. The van der Waals surface area contributed by atoms with E-state index >= 15 is 0 Å². The molecule has 6 heterocycles. The fourth-order valence-corrected chi connectivity index (χ4v) is 8.18. The monoisotopic (exact) mass is 787 g/mol. The molecule has 0 spiro atoms. The Labute approximate surface area is 328 Å². The Hall–Kier alpha value is -5.05. The van der Waals surface area contributed by atoms with Crippen LogP contribution in [0.2, 0.25) is 10.0 Å². The molecule has 4 amide bonds. The minimum Gasteiger partial charge on any atom is -0.481 e. The lowest BCUT2D eigenvalue weighted by molar-refractivity contribution is -0.141. The second-order valence-electron chi connectivity index (χ2n) is 14.1. The number of likely N-dealkylation sites (tertiary alicyclic amines) is 1. The van der Waals surface area contributed by atoms with Crippen molar-refractivity contribution in [1.29, 1.82) is 0 Å². The maximum atomic E-state index is 13.7. The molecule has 3 aliphatic rings. The topological polar surface area (TPSA) is 164 Å². The number of carbonyl (C=O) groups excluding carboxylic acids is 4. The summed E-state index contributed by atoms with van der Waals surface area (Å²) in [7, 11) is 3.35. The van der Waals surface area contributed by atoms with Crippen molar-refractivity contribution in [3.05, 3.63) is 75.4 Å². The largest absolute Gasteiger partial charge is 0.481 e. The number of halogens is 2. The van der Waals surface area contributed by atoms with Crippen molar-refractivity contribution in [2.45, 2.75) is 58.2 Å². The zero-order chi connectivity index (χ0) is 38.8. The van der Waals surface area contributed by atoms with Crippen molar-refractivity contribution < 1.29 is 23.9 Å². The van der Waals surface area contributed by atoms with Gasteiger partial charge in [-0.1, -0.05) is 41.4 Å². The fraction of sp³-hybridized carbons (Fsp3) is 0.410. The van der Waals surface area contributed by atoms with Crippen LogP contribution in [0.5, 0.6) is 5.88 Å². The fourth-order valence-electron chi connectivity index (χ4n) is 7.60. The molecule has 55 heavy (non-hydrogen) atoms. The molecule has 0 unspecified atom stereocenters. The Bertz CT molecular complexity index is 2160. The third kappa shape index (κ3) is 8.03. The second kappa shape index (κ2) is 16.4. The highest BCUT2D eigenvalue weighted by Gasteiger charge is 2.34. The Kier molecular flexibility index (Phi) is 11.4. The van der Waals surface area contributed by atoms with Gasteiger partial charge in [-0.15, -0.1) is 0 Å². The van der Waals surface area contributed by atoms with Gasteiger partial charge in [-0.05, 0) is 37.5 Å². The number of imidazole rings is 1. The first-order chi connectivity index (χ1) is 26.5. The summed E-state index contributed by atoms with van der Waals surface area (Å²) in [5, 5.41) is 9.80. The summed E-state index contributed by atoms with van der Waals surface area (Å²) in [5.41, 5.74) is 4.89. The molecule has 0 bridgehead atoms. The number of methoxy groups -OCH3 is 1. The highest BCUT2D eigenvalue weighted by molar-refractivity contribution is 6.39. The lowest BCUT2D eigenvalue weighted by atomic mass is 9.95. The van der Waals surface area contributed by atoms with E-state index in [2.05, 4.69) is 25.9 Å². The minimum atomic E-state index is -0.454. The van der Waals surface area contributed by atoms with E-state index in [0.717, 1.165) is 30.5 Å². The van der Waals surface area contributed by atoms with Crippen LogP contribution in [0, 0.1) is 5.92 Å². The van der Waals surface area contributed by atoms with E-state index in [1.807, 2.05) is 12.1 Å². The van der Waals surface area contributed by atoms with Crippen LogP contribution in [-0.4, -0.2) is 92.3 Å². The molecule has 2 fully saturated rings. The highest BCUT2D eigenvalue weighted by atomic mass is 35.5. The Morgan fingerprint density at radius 3 is 2.60 bits per heavy atom. The molecule has 2 atom stereocenters. The molecule has 288 valence electrons. The van der Waals surface area contributed by atoms with Crippen molar-refractivity contribution >= 4 is 52.5 Å². The molecule has 1 aromatic carbocycles. The lowest BCUT2D eigenvalue weighted by Crippen LogP contribution is -2.47. The number of fused-ring (bicyclic) bond motifs is 1. The molecule has 0 saturated carbocycles. The third-order valence-corrected chi connectivity index (χ3v) is 11.4. The normalized spacial score (nSPS) is 18.2. The number of hydrogen-bond acceptors (Lipinski definition) is 9. The van der Waals surface area contributed by atoms with Gasteiger partial charge in [0.2, 0.25) is 23.6 Å². The molecular formula is C39H43Cl2N9O5. The van der Waals surface area contributed by atoms with Crippen LogP contribution in [0.3, 0.4) is 0 Å². The van der Waals surface area contributed by atoms with Crippen molar-refractivity contribution in [3.63, 3.8) is 0 Å². The molecule has 0 aliphatic carbocycles. The average Bonchev–Trinajstić information content (AvgIpc) is 3.77. The quantitative estimate of drug-likeness (QED) is 0.208. The Morgan fingerprint density at radius 2 is 1.84 bits per heavy atom. The summed E-state index contributed by atoms with van der Waals surface area (Å²) in [5.74, 6) is 0.0193. The van der Waals surface area contributed by atoms with Gasteiger partial charge in [0, 0.05) is 94.2 Å². The summed E-state index contributed by atoms with van der Waals surface area (Å²) in [6.45, 7) is 4.60. The van der Waals surface area contributed by atoms with Gasteiger partial charge < -0.3 is 35.1 Å². The number of pyridine rings is 2. The maximum Gasteiger partial charge on any atom is 0.291 e. The van der Waals surface area contributed by atoms with Crippen LogP contribution in [0.25, 0.3) is 22.5 Å². The lowest BCUT2D eigenvalue weighted by Gasteiger charge is -2.35. The number of nitrogens with zero attached hydrogens (tertiary/aromatic N) is 6. The number of anilines is 1. The van der Waals surface area contributed by atoms with E-state index < -0.39 is 5.91 Å². The predicted octanol–water partition coefficient (Wildman–Crippen LogP) is 4.62. The van der Waals surface area contributed by atoms with Gasteiger partial charge in [-0.3, -0.25) is 24.2 Å².